The van der Waals surface area contributed by atoms with E-state index in [9.17, 15) is 5.26 Å². The van der Waals surface area contributed by atoms with Crippen LogP contribution in [0.4, 0.5) is 11.5 Å². The van der Waals surface area contributed by atoms with Gasteiger partial charge in [-0.1, -0.05) is 65.7 Å². The molecule has 1 aliphatic heterocycles. The quantitative estimate of drug-likeness (QED) is 0.315. The fraction of sp³-hybridized carbons (Fsp3) is 0.103. The lowest BCUT2D eigenvalue weighted by Crippen LogP contribution is -2.28. The van der Waals surface area contributed by atoms with Gasteiger partial charge in [-0.15, -0.1) is 0 Å². The number of nitrogens with one attached hydrogen (secondary N) is 1. The van der Waals surface area contributed by atoms with Crippen LogP contribution in [-0.4, -0.2) is 23.5 Å². The van der Waals surface area contributed by atoms with Crippen molar-refractivity contribution in [2.45, 2.75) is 6.54 Å². The monoisotopic (exact) mass is 496 g/mol. The largest absolute Gasteiger partial charge is 0.339 e. The normalized spacial score (nSPS) is 14.4. The van der Waals surface area contributed by atoms with Gasteiger partial charge >= 0.3 is 0 Å². The molecule has 0 spiro atoms. The number of para-hydroxylation sites is 1. The third kappa shape index (κ3) is 4.94. The first kappa shape index (κ1) is 23.1. The molecule has 4 aromatic rings. The lowest BCUT2D eigenvalue weighted by atomic mass is 9.88. The van der Waals surface area contributed by atoms with Gasteiger partial charge in [-0.25, -0.2) is 4.98 Å². The molecule has 0 radical (unpaired) electrons. The molecule has 0 atom stereocenters. The zero-order valence-corrected chi connectivity index (χ0v) is 20.6. The van der Waals surface area contributed by atoms with E-state index in [4.69, 9.17) is 28.2 Å². The van der Waals surface area contributed by atoms with Gasteiger partial charge in [0.25, 0.3) is 0 Å². The summed E-state index contributed by atoms with van der Waals surface area (Å²) in [6, 6.07) is 27.6. The molecule has 35 heavy (non-hydrogen) atoms. The van der Waals surface area contributed by atoms with Crippen molar-refractivity contribution in [1.29, 1.82) is 5.26 Å². The first-order chi connectivity index (χ1) is 17.0. The molecule has 2 heterocycles. The van der Waals surface area contributed by atoms with Crippen LogP contribution >= 0.6 is 23.2 Å². The van der Waals surface area contributed by atoms with Gasteiger partial charge in [-0.3, -0.25) is 4.90 Å². The number of hydrogen-bond acceptors (Lipinski definition) is 4. The first-order valence-corrected chi connectivity index (χ1v) is 12.0. The van der Waals surface area contributed by atoms with Gasteiger partial charge in [0.15, 0.2) is 0 Å². The highest BCUT2D eigenvalue weighted by Gasteiger charge is 2.27. The third-order valence-electron chi connectivity index (χ3n) is 5.96. The van der Waals surface area contributed by atoms with Gasteiger partial charge in [0.1, 0.15) is 17.5 Å². The van der Waals surface area contributed by atoms with Crippen molar-refractivity contribution in [3.05, 3.63) is 111 Å². The van der Waals surface area contributed by atoms with E-state index >= 15 is 0 Å². The highest BCUT2D eigenvalue weighted by Crippen LogP contribution is 2.40. The van der Waals surface area contributed by atoms with Crippen LogP contribution in [0.1, 0.15) is 22.4 Å². The molecule has 1 N–H and O–H groups in total. The summed E-state index contributed by atoms with van der Waals surface area (Å²) < 4.78 is 0. The molecule has 3 aromatic carbocycles. The summed E-state index contributed by atoms with van der Waals surface area (Å²) in [6.45, 7) is 1.41. The fourth-order valence-corrected chi connectivity index (χ4v) is 4.65. The van der Waals surface area contributed by atoms with Crippen LogP contribution in [0.25, 0.3) is 22.8 Å². The highest BCUT2D eigenvalue weighted by atomic mass is 35.5. The minimum atomic E-state index is 0.510. The molecule has 0 aliphatic carbocycles. The number of benzene rings is 3. The minimum absolute atomic E-state index is 0.510. The molecule has 0 amide bonds. The predicted octanol–water partition coefficient (Wildman–Crippen LogP) is 7.66. The average molecular weight is 497 g/mol. The van der Waals surface area contributed by atoms with Crippen molar-refractivity contribution in [2.24, 2.45) is 0 Å². The van der Waals surface area contributed by atoms with E-state index < -0.39 is 0 Å². The molecule has 6 heteroatoms. The lowest BCUT2D eigenvalue weighted by Gasteiger charge is -2.30. The Hall–Kier alpha value is -3.62. The van der Waals surface area contributed by atoms with Gasteiger partial charge in [0.05, 0.1) is 5.69 Å². The number of fused-ring (bicyclic) bond motifs is 1. The second-order valence-corrected chi connectivity index (χ2v) is 9.41. The number of hydrogen-bond donors (Lipinski definition) is 1. The number of rotatable bonds is 4. The van der Waals surface area contributed by atoms with Crippen molar-refractivity contribution in [3.63, 3.8) is 0 Å². The van der Waals surface area contributed by atoms with E-state index in [1.54, 1.807) is 0 Å². The van der Waals surface area contributed by atoms with E-state index in [1.807, 2.05) is 78.9 Å². The standard InChI is InChI=1S/C29H22Cl2N4/c1-35-17-21(15-19-7-11-22(30)12-8-19)28-26(18-35)27(20-9-13-23(31)14-10-20)25(16-32)29(34-28)33-24-5-3-2-4-6-24/h2-15H,17-18H2,1H3,(H,33,34)/b21-15-. The summed E-state index contributed by atoms with van der Waals surface area (Å²) in [6.07, 6.45) is 2.14. The van der Waals surface area contributed by atoms with Gasteiger partial charge in [-0.05, 0) is 66.2 Å². The Bertz CT molecular complexity index is 1440. The summed E-state index contributed by atoms with van der Waals surface area (Å²) in [4.78, 5) is 7.26. The summed E-state index contributed by atoms with van der Waals surface area (Å²) >= 11 is 12.3. The van der Waals surface area contributed by atoms with Crippen molar-refractivity contribution in [2.75, 3.05) is 18.9 Å². The number of nitrogens with zero attached hydrogens (tertiary/aromatic N) is 3. The van der Waals surface area contributed by atoms with Gasteiger partial charge in [-0.2, -0.15) is 5.26 Å². The number of anilines is 2. The van der Waals surface area contributed by atoms with Crippen molar-refractivity contribution < 1.29 is 0 Å². The van der Waals surface area contributed by atoms with Crippen LogP contribution in [0.15, 0.2) is 78.9 Å². The Morgan fingerprint density at radius 1 is 0.914 bits per heavy atom. The maximum Gasteiger partial charge on any atom is 0.149 e. The highest BCUT2D eigenvalue weighted by molar-refractivity contribution is 6.30. The molecule has 0 unspecified atom stereocenters. The second kappa shape index (κ2) is 9.93. The fourth-order valence-electron chi connectivity index (χ4n) is 4.40. The number of nitriles is 1. The van der Waals surface area contributed by atoms with Gasteiger partial charge < -0.3 is 5.32 Å². The summed E-state index contributed by atoms with van der Waals surface area (Å²) in [5.74, 6) is 0.536. The zero-order chi connectivity index (χ0) is 24.4. The Labute approximate surface area is 215 Å². The van der Waals surface area contributed by atoms with Crippen LogP contribution in [0.5, 0.6) is 0 Å². The molecule has 5 rings (SSSR count). The summed E-state index contributed by atoms with van der Waals surface area (Å²) in [5.41, 5.74) is 7.22. The van der Waals surface area contributed by atoms with E-state index in [0.717, 1.165) is 45.8 Å². The van der Waals surface area contributed by atoms with E-state index in [2.05, 4.69) is 29.4 Å². The molecule has 0 saturated heterocycles. The molecule has 0 bridgehead atoms. The zero-order valence-electron chi connectivity index (χ0n) is 19.1. The van der Waals surface area contributed by atoms with Crippen molar-refractivity contribution in [3.8, 4) is 17.2 Å². The van der Waals surface area contributed by atoms with Crippen LogP contribution in [0.3, 0.4) is 0 Å². The number of halogens is 2. The van der Waals surface area contributed by atoms with E-state index in [1.165, 1.54) is 0 Å². The maximum atomic E-state index is 10.3. The lowest BCUT2D eigenvalue weighted by molar-refractivity contribution is 0.358. The van der Waals surface area contributed by atoms with E-state index in [0.29, 0.717) is 28.0 Å². The number of aromatic nitrogens is 1. The average Bonchev–Trinajstić information content (AvgIpc) is 2.86. The first-order valence-electron chi connectivity index (χ1n) is 11.2. The molecule has 0 fully saturated rings. The van der Waals surface area contributed by atoms with Crippen molar-refractivity contribution in [1.82, 2.24) is 9.88 Å². The van der Waals surface area contributed by atoms with Gasteiger partial charge in [0, 0.05) is 39.9 Å². The van der Waals surface area contributed by atoms with Gasteiger partial charge in [0.2, 0.25) is 0 Å². The Kier molecular flexibility index (Phi) is 6.57. The van der Waals surface area contributed by atoms with Crippen molar-refractivity contribution >= 4 is 46.4 Å². The molecular formula is C29H22Cl2N4. The third-order valence-corrected chi connectivity index (χ3v) is 6.47. The minimum Gasteiger partial charge on any atom is -0.339 e. The Morgan fingerprint density at radius 2 is 1.57 bits per heavy atom. The molecule has 1 aliphatic rings. The maximum absolute atomic E-state index is 10.3. The molecule has 4 nitrogen and oxygen atoms in total. The topological polar surface area (TPSA) is 52.0 Å². The van der Waals surface area contributed by atoms with Crippen LogP contribution < -0.4 is 5.32 Å². The Balaban J connectivity index is 1.76. The number of pyridine rings is 1. The molecular weight excluding hydrogens is 475 g/mol. The smallest absolute Gasteiger partial charge is 0.149 e. The predicted molar refractivity (Wildman–Crippen MR) is 145 cm³/mol. The molecule has 1 aromatic heterocycles. The summed E-state index contributed by atoms with van der Waals surface area (Å²) in [5, 5.41) is 15.0. The number of likely N-dealkylation sites (N-methyl/N-ethyl adjacent to an activating group) is 1. The molecule has 0 saturated carbocycles. The second-order valence-electron chi connectivity index (χ2n) is 8.54. The van der Waals surface area contributed by atoms with Crippen LogP contribution in [0, 0.1) is 11.3 Å². The summed E-state index contributed by atoms with van der Waals surface area (Å²) in [7, 11) is 2.08. The van der Waals surface area contributed by atoms with Crippen LogP contribution in [-0.2, 0) is 6.54 Å². The SMILES string of the molecule is CN1C/C(=C/c2ccc(Cl)cc2)c2nc(Nc3ccccc3)c(C#N)c(-c3ccc(Cl)cc3)c2C1. The molecule has 172 valence electrons. The van der Waals surface area contributed by atoms with Crippen LogP contribution in [0.2, 0.25) is 10.0 Å². The Morgan fingerprint density at radius 3 is 2.23 bits per heavy atom. The van der Waals surface area contributed by atoms with E-state index in [-0.39, 0.29) is 0 Å².